The number of carbonyl (C=O) groups is 1. The first-order chi connectivity index (χ1) is 9.11. The van der Waals surface area contributed by atoms with Crippen LogP contribution in [-0.4, -0.2) is 17.6 Å². The van der Waals surface area contributed by atoms with Gasteiger partial charge in [-0.05, 0) is 37.0 Å². The molecule has 3 nitrogen and oxygen atoms in total. The van der Waals surface area contributed by atoms with E-state index in [1.54, 1.807) is 0 Å². The summed E-state index contributed by atoms with van der Waals surface area (Å²) < 4.78 is 0. The molecule has 3 atom stereocenters. The van der Waals surface area contributed by atoms with Crippen LogP contribution in [0.15, 0.2) is 24.3 Å². The minimum Gasteiger partial charge on any atom is -0.384 e. The molecule has 19 heavy (non-hydrogen) atoms. The lowest BCUT2D eigenvalue weighted by Gasteiger charge is -2.14. The van der Waals surface area contributed by atoms with E-state index in [0.29, 0.717) is 5.92 Å². The molecule has 1 fully saturated rings. The molecule has 0 heterocycles. The largest absolute Gasteiger partial charge is 0.384 e. The Hall–Kier alpha value is -1.79. The first-order valence-electron chi connectivity index (χ1n) is 6.62. The standard InChI is InChI=1S/C16H19NO2/c1-11-9-15(11)16(19)17-12(2)14-7-3-5-13(10-14)6-4-8-18/h3,5,7,10-12,15,18H,8-9H2,1-2H3,(H,17,19). The second-order valence-electron chi connectivity index (χ2n) is 5.14. The Kier molecular flexibility index (Phi) is 4.24. The van der Waals surface area contributed by atoms with E-state index in [0.717, 1.165) is 17.5 Å². The third-order valence-corrected chi connectivity index (χ3v) is 3.50. The summed E-state index contributed by atoms with van der Waals surface area (Å²) in [7, 11) is 0. The fraction of sp³-hybridized carbons (Fsp3) is 0.438. The van der Waals surface area contributed by atoms with Crippen molar-refractivity contribution in [2.45, 2.75) is 26.3 Å². The van der Waals surface area contributed by atoms with Crippen LogP contribution in [0, 0.1) is 23.7 Å². The molecule has 1 aromatic rings. The second kappa shape index (κ2) is 5.90. The third kappa shape index (κ3) is 3.59. The Morgan fingerprint density at radius 2 is 2.32 bits per heavy atom. The lowest BCUT2D eigenvalue weighted by Crippen LogP contribution is -2.28. The van der Waals surface area contributed by atoms with Gasteiger partial charge in [0.25, 0.3) is 0 Å². The van der Waals surface area contributed by atoms with Crippen LogP contribution in [-0.2, 0) is 4.79 Å². The van der Waals surface area contributed by atoms with Crippen LogP contribution in [0.25, 0.3) is 0 Å². The van der Waals surface area contributed by atoms with Gasteiger partial charge in [-0.15, -0.1) is 0 Å². The first-order valence-corrected chi connectivity index (χ1v) is 6.62. The Morgan fingerprint density at radius 1 is 1.58 bits per heavy atom. The van der Waals surface area contributed by atoms with E-state index in [9.17, 15) is 4.79 Å². The van der Waals surface area contributed by atoms with E-state index in [2.05, 4.69) is 24.1 Å². The summed E-state index contributed by atoms with van der Waals surface area (Å²) in [5, 5.41) is 11.7. The molecule has 1 saturated carbocycles. The fourth-order valence-electron chi connectivity index (χ4n) is 2.12. The Labute approximate surface area is 114 Å². The molecule has 0 spiro atoms. The first kappa shape index (κ1) is 13.6. The van der Waals surface area contributed by atoms with Gasteiger partial charge in [-0.2, -0.15) is 0 Å². The number of amides is 1. The molecular weight excluding hydrogens is 238 g/mol. The van der Waals surface area contributed by atoms with Gasteiger partial charge in [-0.3, -0.25) is 4.79 Å². The highest BCUT2D eigenvalue weighted by Crippen LogP contribution is 2.38. The third-order valence-electron chi connectivity index (χ3n) is 3.50. The minimum absolute atomic E-state index is 0.0174. The zero-order valence-corrected chi connectivity index (χ0v) is 11.3. The summed E-state index contributed by atoms with van der Waals surface area (Å²) >= 11 is 0. The van der Waals surface area contributed by atoms with Crippen molar-refractivity contribution in [2.24, 2.45) is 11.8 Å². The SMILES string of the molecule is CC(NC(=O)C1CC1C)c1cccc(C#CCO)c1. The van der Waals surface area contributed by atoms with E-state index in [1.165, 1.54) is 0 Å². The quantitative estimate of drug-likeness (QED) is 0.812. The van der Waals surface area contributed by atoms with Crippen molar-refractivity contribution in [2.75, 3.05) is 6.61 Å². The van der Waals surface area contributed by atoms with Gasteiger partial charge >= 0.3 is 0 Å². The highest BCUT2D eigenvalue weighted by molar-refractivity contribution is 5.81. The van der Waals surface area contributed by atoms with Crippen molar-refractivity contribution in [3.8, 4) is 11.8 Å². The van der Waals surface area contributed by atoms with Gasteiger partial charge in [0.2, 0.25) is 5.91 Å². The molecule has 1 aliphatic carbocycles. The molecule has 1 aliphatic rings. The molecule has 0 aliphatic heterocycles. The predicted octanol–water partition coefficient (Wildman–Crippen LogP) is 1.86. The molecular formula is C16H19NO2. The molecule has 1 aromatic carbocycles. The summed E-state index contributed by atoms with van der Waals surface area (Å²) in [4.78, 5) is 11.9. The molecule has 3 unspecified atom stereocenters. The number of nitrogens with one attached hydrogen (secondary N) is 1. The average molecular weight is 257 g/mol. The Balaban J connectivity index is 2.02. The summed E-state index contributed by atoms with van der Waals surface area (Å²) in [6.45, 7) is 3.93. The zero-order valence-electron chi connectivity index (χ0n) is 11.3. The van der Waals surface area contributed by atoms with Gasteiger partial charge in [-0.25, -0.2) is 0 Å². The fourth-order valence-corrected chi connectivity index (χ4v) is 2.12. The van der Waals surface area contributed by atoms with Crippen LogP contribution in [0.4, 0.5) is 0 Å². The van der Waals surface area contributed by atoms with Crippen molar-refractivity contribution >= 4 is 5.91 Å². The van der Waals surface area contributed by atoms with E-state index < -0.39 is 0 Å². The second-order valence-corrected chi connectivity index (χ2v) is 5.14. The van der Waals surface area contributed by atoms with Crippen molar-refractivity contribution in [1.82, 2.24) is 5.32 Å². The van der Waals surface area contributed by atoms with Gasteiger partial charge in [0, 0.05) is 11.5 Å². The maximum atomic E-state index is 11.9. The molecule has 0 radical (unpaired) electrons. The van der Waals surface area contributed by atoms with Gasteiger partial charge in [-0.1, -0.05) is 30.9 Å². The Bertz CT molecular complexity index is 527. The highest BCUT2D eigenvalue weighted by atomic mass is 16.2. The molecule has 0 bridgehead atoms. The maximum Gasteiger partial charge on any atom is 0.223 e. The van der Waals surface area contributed by atoms with Crippen molar-refractivity contribution in [1.29, 1.82) is 0 Å². The Morgan fingerprint density at radius 3 is 2.95 bits per heavy atom. The number of carbonyl (C=O) groups excluding carboxylic acids is 1. The van der Waals surface area contributed by atoms with Crippen LogP contribution < -0.4 is 5.32 Å². The average Bonchev–Trinajstić information content (AvgIpc) is 3.14. The summed E-state index contributed by atoms with van der Waals surface area (Å²) in [5.74, 6) is 6.36. The van der Waals surface area contributed by atoms with Crippen LogP contribution >= 0.6 is 0 Å². The minimum atomic E-state index is -0.143. The van der Waals surface area contributed by atoms with E-state index in [1.807, 2.05) is 31.2 Å². The van der Waals surface area contributed by atoms with Gasteiger partial charge in [0.15, 0.2) is 0 Å². The smallest absolute Gasteiger partial charge is 0.223 e. The van der Waals surface area contributed by atoms with Crippen LogP contribution in [0.3, 0.4) is 0 Å². The monoisotopic (exact) mass is 257 g/mol. The molecule has 0 aromatic heterocycles. The number of rotatable bonds is 3. The van der Waals surface area contributed by atoms with Crippen molar-refractivity contribution < 1.29 is 9.90 Å². The molecule has 1 amide bonds. The molecule has 3 heteroatoms. The van der Waals surface area contributed by atoms with Gasteiger partial charge < -0.3 is 10.4 Å². The van der Waals surface area contributed by atoms with E-state index >= 15 is 0 Å². The lowest BCUT2D eigenvalue weighted by atomic mass is 10.0. The van der Waals surface area contributed by atoms with Gasteiger partial charge in [0.05, 0.1) is 6.04 Å². The highest BCUT2D eigenvalue weighted by Gasteiger charge is 2.39. The number of hydrogen-bond acceptors (Lipinski definition) is 2. The van der Waals surface area contributed by atoms with Crippen LogP contribution in [0.5, 0.6) is 0 Å². The number of benzene rings is 1. The zero-order chi connectivity index (χ0) is 13.8. The summed E-state index contributed by atoms with van der Waals surface area (Å²) in [6, 6.07) is 7.72. The maximum absolute atomic E-state index is 11.9. The number of aliphatic hydroxyl groups is 1. The van der Waals surface area contributed by atoms with Crippen LogP contribution in [0.2, 0.25) is 0 Å². The molecule has 2 N–H and O–H groups in total. The summed E-state index contributed by atoms with van der Waals surface area (Å²) in [5.41, 5.74) is 1.89. The topological polar surface area (TPSA) is 49.3 Å². The lowest BCUT2D eigenvalue weighted by molar-refractivity contribution is -0.123. The predicted molar refractivity (Wildman–Crippen MR) is 74.2 cm³/mol. The van der Waals surface area contributed by atoms with Crippen molar-refractivity contribution in [3.05, 3.63) is 35.4 Å². The van der Waals surface area contributed by atoms with E-state index in [4.69, 9.17) is 5.11 Å². The van der Waals surface area contributed by atoms with Crippen molar-refractivity contribution in [3.63, 3.8) is 0 Å². The number of aliphatic hydroxyl groups excluding tert-OH is 1. The molecule has 0 saturated heterocycles. The molecule has 2 rings (SSSR count). The van der Waals surface area contributed by atoms with Crippen LogP contribution in [0.1, 0.15) is 37.4 Å². The number of hydrogen-bond donors (Lipinski definition) is 2. The summed E-state index contributed by atoms with van der Waals surface area (Å²) in [6.07, 6.45) is 1.00. The van der Waals surface area contributed by atoms with Gasteiger partial charge in [0.1, 0.15) is 6.61 Å². The normalized spacial score (nSPS) is 22.1. The van der Waals surface area contributed by atoms with E-state index in [-0.39, 0.29) is 24.5 Å². The molecule has 100 valence electrons.